The van der Waals surface area contributed by atoms with E-state index in [2.05, 4.69) is 10.6 Å². The number of hydrogen-bond donors (Lipinski definition) is 0. The van der Waals surface area contributed by atoms with Crippen LogP contribution < -0.4 is 0 Å². The number of nitrogens with zero attached hydrogens (tertiary/aromatic N) is 1. The molecule has 1 heterocycles. The van der Waals surface area contributed by atoms with E-state index in [0.29, 0.717) is 13.0 Å². The van der Waals surface area contributed by atoms with Crippen LogP contribution in [0.3, 0.4) is 0 Å². The molecule has 0 atom stereocenters. The second kappa shape index (κ2) is 5.54. The van der Waals surface area contributed by atoms with Crippen molar-refractivity contribution in [2.24, 2.45) is 7.05 Å². The van der Waals surface area contributed by atoms with E-state index >= 15 is 0 Å². The first-order valence-corrected chi connectivity index (χ1v) is 6.07. The minimum Gasteiger partial charge on any atom is -0.466 e. The molecule has 0 saturated carbocycles. The Morgan fingerprint density at radius 1 is 1.22 bits per heavy atom. The molecule has 0 radical (unpaired) electrons. The summed E-state index contributed by atoms with van der Waals surface area (Å²) >= 11 is 0. The lowest BCUT2D eigenvalue weighted by molar-refractivity contribution is -0.142. The predicted molar refractivity (Wildman–Crippen MR) is 71.2 cm³/mol. The fourth-order valence-electron chi connectivity index (χ4n) is 1.93. The Labute approximate surface area is 107 Å². The van der Waals surface area contributed by atoms with Gasteiger partial charge in [0.05, 0.1) is 13.0 Å². The van der Waals surface area contributed by atoms with Gasteiger partial charge in [0.2, 0.25) is 0 Å². The molecule has 0 aliphatic carbocycles. The highest BCUT2D eigenvalue weighted by atomic mass is 16.5. The van der Waals surface area contributed by atoms with Gasteiger partial charge in [0.1, 0.15) is 0 Å². The standard InChI is InChI=1S/C15H17NO2/c1-3-18-15(17)11-12-6-8-13(9-7-12)14-5-4-10-16(14)2/h4-10H,3,11H2,1-2H3. The van der Waals surface area contributed by atoms with E-state index in [4.69, 9.17) is 4.74 Å². The summed E-state index contributed by atoms with van der Waals surface area (Å²) in [7, 11) is 2.02. The number of carbonyl (C=O) groups is 1. The maximum absolute atomic E-state index is 11.4. The topological polar surface area (TPSA) is 31.2 Å². The predicted octanol–water partition coefficient (Wildman–Crippen LogP) is 2.80. The molecule has 0 N–H and O–H groups in total. The molecule has 0 unspecified atom stereocenters. The molecule has 3 nitrogen and oxygen atoms in total. The van der Waals surface area contributed by atoms with Gasteiger partial charge in [-0.2, -0.15) is 0 Å². The van der Waals surface area contributed by atoms with Gasteiger partial charge in [-0.1, -0.05) is 24.3 Å². The Balaban J connectivity index is 2.11. The van der Waals surface area contributed by atoms with Crippen LogP contribution in [0.25, 0.3) is 11.3 Å². The summed E-state index contributed by atoms with van der Waals surface area (Å²) in [5.74, 6) is -0.177. The van der Waals surface area contributed by atoms with E-state index in [1.165, 1.54) is 0 Å². The van der Waals surface area contributed by atoms with Crippen LogP contribution in [0.2, 0.25) is 0 Å². The number of rotatable bonds is 4. The van der Waals surface area contributed by atoms with E-state index in [-0.39, 0.29) is 5.97 Å². The van der Waals surface area contributed by atoms with Crippen LogP contribution in [0.5, 0.6) is 0 Å². The first kappa shape index (κ1) is 12.4. The summed E-state index contributed by atoms with van der Waals surface area (Å²) in [5.41, 5.74) is 3.29. The number of benzene rings is 1. The second-order valence-corrected chi connectivity index (χ2v) is 4.18. The van der Waals surface area contributed by atoms with Crippen LogP contribution in [0.1, 0.15) is 12.5 Å². The lowest BCUT2D eigenvalue weighted by Crippen LogP contribution is -2.07. The number of ether oxygens (including phenoxy) is 1. The molecule has 0 aliphatic heterocycles. The van der Waals surface area contributed by atoms with E-state index in [0.717, 1.165) is 16.8 Å². The smallest absolute Gasteiger partial charge is 0.310 e. The van der Waals surface area contributed by atoms with Crippen molar-refractivity contribution in [2.45, 2.75) is 13.3 Å². The molecule has 94 valence electrons. The summed E-state index contributed by atoms with van der Waals surface area (Å²) in [6.07, 6.45) is 2.35. The third-order valence-corrected chi connectivity index (χ3v) is 2.85. The van der Waals surface area contributed by atoms with Gasteiger partial charge in [0.15, 0.2) is 0 Å². The largest absolute Gasteiger partial charge is 0.466 e. The quantitative estimate of drug-likeness (QED) is 0.773. The van der Waals surface area contributed by atoms with Crippen molar-refractivity contribution in [3.8, 4) is 11.3 Å². The van der Waals surface area contributed by atoms with Crippen molar-refractivity contribution < 1.29 is 9.53 Å². The number of aryl methyl sites for hydroxylation is 1. The lowest BCUT2D eigenvalue weighted by atomic mass is 10.1. The van der Waals surface area contributed by atoms with Gasteiger partial charge < -0.3 is 9.30 Å². The summed E-state index contributed by atoms with van der Waals surface area (Å²) in [6, 6.07) is 12.1. The van der Waals surface area contributed by atoms with Gasteiger partial charge in [-0.3, -0.25) is 4.79 Å². The normalized spacial score (nSPS) is 10.3. The zero-order valence-electron chi connectivity index (χ0n) is 10.7. The molecule has 18 heavy (non-hydrogen) atoms. The van der Waals surface area contributed by atoms with Crippen molar-refractivity contribution in [1.29, 1.82) is 0 Å². The molecule has 0 aliphatic rings. The molecule has 1 aromatic heterocycles. The summed E-state index contributed by atoms with van der Waals surface area (Å²) in [5, 5.41) is 0. The van der Waals surface area contributed by atoms with Gasteiger partial charge in [-0.05, 0) is 30.2 Å². The molecule has 1 aromatic carbocycles. The Morgan fingerprint density at radius 3 is 2.50 bits per heavy atom. The molecule has 2 aromatic rings. The third-order valence-electron chi connectivity index (χ3n) is 2.85. The fourth-order valence-corrected chi connectivity index (χ4v) is 1.93. The molecule has 0 fully saturated rings. The number of aromatic nitrogens is 1. The number of hydrogen-bond acceptors (Lipinski definition) is 2. The van der Waals surface area contributed by atoms with Crippen LogP contribution in [0.15, 0.2) is 42.6 Å². The molecule has 0 saturated heterocycles. The lowest BCUT2D eigenvalue weighted by Gasteiger charge is -2.05. The van der Waals surface area contributed by atoms with Crippen LogP contribution >= 0.6 is 0 Å². The summed E-state index contributed by atoms with van der Waals surface area (Å²) in [4.78, 5) is 11.4. The minimum atomic E-state index is -0.177. The molecule has 0 amide bonds. The molecule has 0 bridgehead atoms. The summed E-state index contributed by atoms with van der Waals surface area (Å²) in [6.45, 7) is 2.25. The van der Waals surface area contributed by atoms with Crippen molar-refractivity contribution in [2.75, 3.05) is 6.61 Å². The zero-order valence-corrected chi connectivity index (χ0v) is 10.7. The highest BCUT2D eigenvalue weighted by Crippen LogP contribution is 2.19. The molecule has 0 spiro atoms. The maximum Gasteiger partial charge on any atom is 0.310 e. The van der Waals surface area contributed by atoms with E-state index in [1.807, 2.05) is 50.5 Å². The van der Waals surface area contributed by atoms with Crippen molar-refractivity contribution in [1.82, 2.24) is 4.57 Å². The monoisotopic (exact) mass is 243 g/mol. The van der Waals surface area contributed by atoms with E-state index in [9.17, 15) is 4.79 Å². The van der Waals surface area contributed by atoms with Gasteiger partial charge in [-0.25, -0.2) is 0 Å². The number of esters is 1. The fraction of sp³-hybridized carbons (Fsp3) is 0.267. The van der Waals surface area contributed by atoms with Crippen LogP contribution in [-0.2, 0) is 23.0 Å². The Bertz CT molecular complexity index is 526. The first-order chi connectivity index (χ1) is 8.70. The van der Waals surface area contributed by atoms with Crippen LogP contribution in [0, 0.1) is 0 Å². The molecule has 2 rings (SSSR count). The molecular weight excluding hydrogens is 226 g/mol. The van der Waals surface area contributed by atoms with Gasteiger partial charge in [0, 0.05) is 18.9 Å². The minimum absolute atomic E-state index is 0.177. The number of carbonyl (C=O) groups excluding carboxylic acids is 1. The first-order valence-electron chi connectivity index (χ1n) is 6.07. The Hall–Kier alpha value is -2.03. The van der Waals surface area contributed by atoms with Gasteiger partial charge in [0.25, 0.3) is 0 Å². The second-order valence-electron chi connectivity index (χ2n) is 4.18. The van der Waals surface area contributed by atoms with Gasteiger partial charge >= 0.3 is 5.97 Å². The maximum atomic E-state index is 11.4. The average molecular weight is 243 g/mol. The Morgan fingerprint density at radius 2 is 1.94 bits per heavy atom. The molecule has 3 heteroatoms. The Kier molecular flexibility index (Phi) is 3.82. The van der Waals surface area contributed by atoms with Crippen LogP contribution in [-0.4, -0.2) is 17.1 Å². The zero-order chi connectivity index (χ0) is 13.0. The SMILES string of the molecule is CCOC(=O)Cc1ccc(-c2cccn2C)cc1. The average Bonchev–Trinajstić information content (AvgIpc) is 2.77. The van der Waals surface area contributed by atoms with Gasteiger partial charge in [-0.15, -0.1) is 0 Å². The van der Waals surface area contributed by atoms with E-state index in [1.54, 1.807) is 0 Å². The highest BCUT2D eigenvalue weighted by molar-refractivity contribution is 5.73. The van der Waals surface area contributed by atoms with E-state index < -0.39 is 0 Å². The highest BCUT2D eigenvalue weighted by Gasteiger charge is 2.05. The van der Waals surface area contributed by atoms with Crippen LogP contribution in [0.4, 0.5) is 0 Å². The summed E-state index contributed by atoms with van der Waals surface area (Å²) < 4.78 is 6.99. The van der Waals surface area contributed by atoms with Crippen molar-refractivity contribution in [3.63, 3.8) is 0 Å². The third kappa shape index (κ3) is 2.80. The van der Waals surface area contributed by atoms with Crippen molar-refractivity contribution in [3.05, 3.63) is 48.2 Å². The molecular formula is C15H17NO2. The van der Waals surface area contributed by atoms with Crippen molar-refractivity contribution >= 4 is 5.97 Å².